The van der Waals surface area contributed by atoms with Crippen LogP contribution in [-0.2, 0) is 21.1 Å². The lowest BCUT2D eigenvalue weighted by atomic mass is 10.1. The Labute approximate surface area is 109 Å². The van der Waals surface area contributed by atoms with Gasteiger partial charge in [-0.15, -0.1) is 4.28 Å². The Kier molecular flexibility index (Phi) is 3.62. The van der Waals surface area contributed by atoms with Gasteiger partial charge >= 0.3 is 10.4 Å². The normalized spacial score (nSPS) is 11.6. The van der Waals surface area contributed by atoms with Gasteiger partial charge in [0.15, 0.2) is 0 Å². The van der Waals surface area contributed by atoms with Gasteiger partial charge in [0.1, 0.15) is 4.99 Å². The first kappa shape index (κ1) is 13.0. The quantitative estimate of drug-likeness (QED) is 0.446. The maximum atomic E-state index is 10.4. The van der Waals surface area contributed by atoms with Gasteiger partial charge in [0.05, 0.1) is 0 Å². The lowest BCUT2D eigenvalue weighted by Gasteiger charge is -2.04. The predicted molar refractivity (Wildman–Crippen MR) is 70.4 cm³/mol. The van der Waals surface area contributed by atoms with Crippen LogP contribution in [0.4, 0.5) is 0 Å². The second-order valence-electron chi connectivity index (χ2n) is 3.57. The minimum absolute atomic E-state index is 0.150. The fourth-order valence-electron chi connectivity index (χ4n) is 1.59. The van der Waals surface area contributed by atoms with Gasteiger partial charge in [-0.2, -0.15) is 8.42 Å². The van der Waals surface area contributed by atoms with Crippen molar-refractivity contribution in [2.75, 3.05) is 0 Å². The topological polar surface area (TPSA) is 91.4 Å². The van der Waals surface area contributed by atoms with Crippen molar-refractivity contribution in [3.05, 3.63) is 36.0 Å². The molecule has 3 N–H and O–H groups in total. The Balaban J connectivity index is 2.08. The van der Waals surface area contributed by atoms with Gasteiger partial charge in [0, 0.05) is 23.5 Å². The third-order valence-corrected chi connectivity index (χ3v) is 2.81. The molecule has 1 heterocycles. The smallest absolute Gasteiger partial charge is 0.361 e. The van der Waals surface area contributed by atoms with Gasteiger partial charge in [-0.1, -0.05) is 30.4 Å². The summed E-state index contributed by atoms with van der Waals surface area (Å²) in [6, 6.07) is 7.64. The molecule has 96 valence electrons. The molecule has 0 saturated carbocycles. The van der Waals surface area contributed by atoms with Crippen molar-refractivity contribution in [1.29, 1.82) is 0 Å². The van der Waals surface area contributed by atoms with Gasteiger partial charge in [-0.25, -0.2) is 5.48 Å². The van der Waals surface area contributed by atoms with Crippen molar-refractivity contribution < 1.29 is 17.3 Å². The summed E-state index contributed by atoms with van der Waals surface area (Å²) in [5.74, 6) is 0. The molecule has 0 radical (unpaired) electrons. The molecule has 6 nitrogen and oxygen atoms in total. The Bertz CT molecular complexity index is 678. The van der Waals surface area contributed by atoms with Crippen LogP contribution in [0.25, 0.3) is 10.9 Å². The maximum Gasteiger partial charge on any atom is 0.418 e. The molecule has 0 unspecified atom stereocenters. The van der Waals surface area contributed by atoms with Crippen LogP contribution >= 0.6 is 12.2 Å². The van der Waals surface area contributed by atoms with E-state index in [9.17, 15) is 8.42 Å². The molecule has 0 bridgehead atoms. The standard InChI is InChI=1S/C10H10N2O4S2/c13-18(14,15)16-12-10(17)5-7-6-11-9-4-2-1-3-8(7)9/h1-4,6,11H,5H2,(H,12,17)(H,13,14,15). The van der Waals surface area contributed by atoms with E-state index >= 15 is 0 Å². The van der Waals surface area contributed by atoms with Crippen LogP contribution in [0.1, 0.15) is 5.56 Å². The van der Waals surface area contributed by atoms with E-state index in [4.69, 9.17) is 16.8 Å². The first-order valence-electron chi connectivity index (χ1n) is 4.95. The average molecular weight is 286 g/mol. The van der Waals surface area contributed by atoms with Crippen molar-refractivity contribution >= 4 is 38.5 Å². The van der Waals surface area contributed by atoms with Gasteiger partial charge in [-0.05, 0) is 11.6 Å². The first-order chi connectivity index (χ1) is 8.46. The molecule has 2 aromatic rings. The van der Waals surface area contributed by atoms with Crippen molar-refractivity contribution in [1.82, 2.24) is 10.5 Å². The Morgan fingerprint density at radius 3 is 2.89 bits per heavy atom. The number of H-pyrrole nitrogens is 1. The summed E-state index contributed by atoms with van der Waals surface area (Å²) in [7, 11) is -4.55. The second kappa shape index (κ2) is 5.02. The molecule has 0 amide bonds. The van der Waals surface area contributed by atoms with Crippen LogP contribution in [0.3, 0.4) is 0 Å². The number of aromatic amines is 1. The summed E-state index contributed by atoms with van der Waals surface area (Å²) in [6.45, 7) is 0. The van der Waals surface area contributed by atoms with Crippen molar-refractivity contribution in [2.45, 2.75) is 6.42 Å². The highest BCUT2D eigenvalue weighted by atomic mass is 32.3. The zero-order valence-electron chi connectivity index (χ0n) is 9.08. The number of benzene rings is 1. The number of hydrogen-bond donors (Lipinski definition) is 3. The third-order valence-electron chi connectivity index (χ3n) is 2.29. The van der Waals surface area contributed by atoms with Crippen molar-refractivity contribution in [3.8, 4) is 0 Å². The van der Waals surface area contributed by atoms with Crippen LogP contribution in [0.2, 0.25) is 0 Å². The number of para-hydroxylation sites is 1. The molecule has 0 saturated heterocycles. The van der Waals surface area contributed by atoms with E-state index < -0.39 is 10.4 Å². The zero-order chi connectivity index (χ0) is 13.2. The zero-order valence-corrected chi connectivity index (χ0v) is 10.7. The highest BCUT2D eigenvalue weighted by Crippen LogP contribution is 2.18. The van der Waals surface area contributed by atoms with E-state index in [0.717, 1.165) is 16.5 Å². The van der Waals surface area contributed by atoms with Crippen LogP contribution < -0.4 is 5.48 Å². The van der Waals surface area contributed by atoms with Crippen LogP contribution in [0, 0.1) is 0 Å². The molecule has 18 heavy (non-hydrogen) atoms. The second-order valence-corrected chi connectivity index (χ2v) is 5.09. The monoisotopic (exact) mass is 286 g/mol. The highest BCUT2D eigenvalue weighted by Gasteiger charge is 2.09. The summed E-state index contributed by atoms with van der Waals surface area (Å²) in [6.07, 6.45) is 2.08. The lowest BCUT2D eigenvalue weighted by Crippen LogP contribution is -2.26. The van der Waals surface area contributed by atoms with E-state index in [1.165, 1.54) is 0 Å². The summed E-state index contributed by atoms with van der Waals surface area (Å²) >= 11 is 4.91. The molecular formula is C10H10N2O4S2. The van der Waals surface area contributed by atoms with Gasteiger partial charge in [0.25, 0.3) is 0 Å². The summed E-state index contributed by atoms with van der Waals surface area (Å²) < 4.78 is 33.1. The molecular weight excluding hydrogens is 276 g/mol. The van der Waals surface area contributed by atoms with Gasteiger partial charge in [0.2, 0.25) is 0 Å². The molecule has 8 heteroatoms. The molecule has 1 aromatic carbocycles. The first-order valence-corrected chi connectivity index (χ1v) is 6.73. The number of nitrogens with one attached hydrogen (secondary N) is 2. The van der Waals surface area contributed by atoms with E-state index in [-0.39, 0.29) is 4.99 Å². The van der Waals surface area contributed by atoms with Gasteiger partial charge < -0.3 is 4.98 Å². The molecule has 2 rings (SSSR count). The Morgan fingerprint density at radius 1 is 1.44 bits per heavy atom. The largest absolute Gasteiger partial charge is 0.418 e. The predicted octanol–water partition coefficient (Wildman–Crippen LogP) is 1.36. The van der Waals surface area contributed by atoms with Crippen molar-refractivity contribution in [3.63, 3.8) is 0 Å². The molecule has 1 aromatic heterocycles. The molecule has 0 aliphatic carbocycles. The summed E-state index contributed by atoms with van der Waals surface area (Å²) in [4.78, 5) is 3.22. The minimum atomic E-state index is -4.55. The maximum absolute atomic E-state index is 10.4. The third kappa shape index (κ3) is 3.26. The van der Waals surface area contributed by atoms with Crippen LogP contribution in [0.15, 0.2) is 30.5 Å². The molecule has 0 spiro atoms. The van der Waals surface area contributed by atoms with Crippen LogP contribution in [-0.4, -0.2) is 22.9 Å². The lowest BCUT2D eigenvalue weighted by molar-refractivity contribution is 0.227. The fourth-order valence-corrected chi connectivity index (χ4v) is 2.04. The molecule has 0 aliphatic heterocycles. The average Bonchev–Trinajstić information content (AvgIpc) is 2.70. The van der Waals surface area contributed by atoms with E-state index in [2.05, 4.69) is 9.27 Å². The van der Waals surface area contributed by atoms with E-state index in [0.29, 0.717) is 6.42 Å². The minimum Gasteiger partial charge on any atom is -0.361 e. The molecule has 0 aliphatic rings. The number of aromatic nitrogens is 1. The Hall–Kier alpha value is -1.48. The van der Waals surface area contributed by atoms with Gasteiger partial charge in [-0.3, -0.25) is 4.55 Å². The molecule has 0 fully saturated rings. The number of hydrogen-bond acceptors (Lipinski definition) is 4. The van der Waals surface area contributed by atoms with Crippen LogP contribution in [0.5, 0.6) is 0 Å². The number of rotatable bonds is 4. The van der Waals surface area contributed by atoms with E-state index in [1.807, 2.05) is 29.7 Å². The Morgan fingerprint density at radius 2 is 2.17 bits per heavy atom. The summed E-state index contributed by atoms with van der Waals surface area (Å²) in [5.41, 5.74) is 3.87. The van der Waals surface area contributed by atoms with Crippen molar-refractivity contribution in [2.24, 2.45) is 0 Å². The SMILES string of the molecule is O=S(=O)(O)ONC(=S)Cc1c[nH]c2ccccc12. The summed E-state index contributed by atoms with van der Waals surface area (Å²) in [5, 5.41) is 0.994. The fraction of sp³-hybridized carbons (Fsp3) is 0.100. The number of hydroxylamine groups is 1. The molecule has 0 atom stereocenters. The number of fused-ring (bicyclic) bond motifs is 1. The highest BCUT2D eigenvalue weighted by molar-refractivity contribution is 7.81. The number of thiocarbonyl (C=S) groups is 1. The van der Waals surface area contributed by atoms with E-state index in [1.54, 1.807) is 6.20 Å².